The smallest absolute Gasteiger partial charge is 0.325 e. The van der Waals surface area contributed by atoms with E-state index in [1.807, 2.05) is 0 Å². The molecule has 0 aliphatic heterocycles. The van der Waals surface area contributed by atoms with E-state index in [-0.39, 0.29) is 0 Å². The van der Waals surface area contributed by atoms with Gasteiger partial charge in [0.25, 0.3) is 0 Å². The van der Waals surface area contributed by atoms with Crippen LogP contribution in [0.1, 0.15) is 310 Å². The molecule has 1 heterocycles. The van der Waals surface area contributed by atoms with Crippen LogP contribution in [0.5, 0.6) is 18.0 Å². The Bertz CT molecular complexity index is 975. The minimum Gasteiger partial charge on any atom is -0.463 e. The maximum atomic E-state index is 6.06. The van der Waals surface area contributed by atoms with Gasteiger partial charge in [0.15, 0.2) is 0 Å². The van der Waals surface area contributed by atoms with Crippen LogP contribution >= 0.6 is 35.3 Å². The molecule has 9 heteroatoms. The number of hydrogen-bond acceptors (Lipinski definition) is 9. The van der Waals surface area contributed by atoms with Gasteiger partial charge < -0.3 is 14.2 Å². The van der Waals surface area contributed by atoms with Crippen molar-refractivity contribution in [1.82, 2.24) is 15.0 Å². The van der Waals surface area contributed by atoms with Gasteiger partial charge in [-0.05, 0) is 73.0 Å². The monoisotopic (exact) mass is 1020 g/mol. The van der Waals surface area contributed by atoms with E-state index in [1.54, 1.807) is 0 Å². The van der Waals surface area contributed by atoms with E-state index >= 15 is 0 Å². The molecule has 1 rings (SSSR count). The summed E-state index contributed by atoms with van der Waals surface area (Å²) < 4.78 is 18.2. The van der Waals surface area contributed by atoms with E-state index in [4.69, 9.17) is 14.2 Å². The Balaban J connectivity index is 2.24. The van der Waals surface area contributed by atoms with Gasteiger partial charge in [0.05, 0.1) is 19.8 Å². The lowest BCUT2D eigenvalue weighted by Crippen LogP contribution is -2.10. The van der Waals surface area contributed by atoms with Gasteiger partial charge in [-0.3, -0.25) is 0 Å². The minimum absolute atomic E-state index is 0.325. The molecular weight excluding hydrogens is 907 g/mol. The van der Waals surface area contributed by atoms with E-state index in [2.05, 4.69) is 71.0 Å². The molecule has 0 atom stereocenters. The number of unbranched alkanes of at least 4 members (excludes halogenated alkanes) is 39. The molecule has 408 valence electrons. The van der Waals surface area contributed by atoms with E-state index in [0.29, 0.717) is 37.9 Å². The van der Waals surface area contributed by atoms with Crippen molar-refractivity contribution in [3.8, 4) is 18.0 Å². The maximum absolute atomic E-state index is 6.06. The van der Waals surface area contributed by atoms with Gasteiger partial charge in [-0.2, -0.15) is 35.3 Å². The average Bonchev–Trinajstić information content (AvgIpc) is 3.36. The summed E-state index contributed by atoms with van der Waals surface area (Å²) in [5.41, 5.74) is 0. The van der Waals surface area contributed by atoms with Crippen LogP contribution in [-0.2, 0) is 0 Å². The van der Waals surface area contributed by atoms with Crippen molar-refractivity contribution in [3.05, 3.63) is 0 Å². The number of nitrogens with zero attached hydrogens (tertiary/aromatic N) is 3. The molecule has 1 aromatic heterocycles. The van der Waals surface area contributed by atoms with Gasteiger partial charge in [-0.15, -0.1) is 15.0 Å². The number of thioether (sulfide) groups is 3. The fourth-order valence-electron chi connectivity index (χ4n) is 8.99. The third-order valence-electron chi connectivity index (χ3n) is 13.5. The quantitative estimate of drug-likeness (QED) is 0.0594. The van der Waals surface area contributed by atoms with Gasteiger partial charge in [-0.25, -0.2) is 0 Å². The van der Waals surface area contributed by atoms with Crippen LogP contribution in [0.25, 0.3) is 0 Å². The molecule has 0 aromatic carbocycles. The Labute approximate surface area is 444 Å². The first-order chi connectivity index (χ1) is 34.3. The van der Waals surface area contributed by atoms with Gasteiger partial charge >= 0.3 is 18.0 Å². The number of hydrogen-bond donors (Lipinski definition) is 0. The zero-order valence-corrected chi connectivity index (χ0v) is 48.9. The molecule has 0 radical (unpaired) electrons. The highest BCUT2D eigenvalue weighted by Gasteiger charge is 2.11. The minimum atomic E-state index is 0.325. The van der Waals surface area contributed by atoms with Crippen molar-refractivity contribution in [1.29, 1.82) is 0 Å². The summed E-state index contributed by atoms with van der Waals surface area (Å²) in [6.07, 6.45) is 62.3. The number of rotatable bonds is 60. The van der Waals surface area contributed by atoms with Gasteiger partial charge in [-0.1, -0.05) is 271 Å². The van der Waals surface area contributed by atoms with E-state index in [1.165, 1.54) is 287 Å². The Morgan fingerprint density at radius 1 is 0.217 bits per heavy atom. The second-order valence-corrected chi connectivity index (χ2v) is 24.1. The molecule has 0 saturated heterocycles. The number of ether oxygens (including phenoxy) is 3. The Morgan fingerprint density at radius 2 is 0.377 bits per heavy atom. The van der Waals surface area contributed by atoms with Crippen LogP contribution in [-0.4, -0.2) is 69.3 Å². The van der Waals surface area contributed by atoms with Crippen molar-refractivity contribution < 1.29 is 14.2 Å². The molecule has 0 spiro atoms. The van der Waals surface area contributed by atoms with Crippen molar-refractivity contribution in [2.45, 2.75) is 310 Å². The molecule has 0 saturated carbocycles. The fourth-order valence-corrected chi connectivity index (χ4v) is 11.8. The summed E-state index contributed by atoms with van der Waals surface area (Å²) in [7, 11) is 0. The highest BCUT2D eigenvalue weighted by molar-refractivity contribution is 7.99. The topological polar surface area (TPSA) is 66.4 Å². The summed E-state index contributed by atoms with van der Waals surface area (Å²) in [5, 5.41) is 0. The summed E-state index contributed by atoms with van der Waals surface area (Å²) in [6.45, 7) is 8.70. The van der Waals surface area contributed by atoms with Crippen LogP contribution in [0.4, 0.5) is 0 Å². The lowest BCUT2D eigenvalue weighted by Gasteiger charge is -2.10. The van der Waals surface area contributed by atoms with Crippen molar-refractivity contribution in [2.75, 3.05) is 54.3 Å². The molecule has 69 heavy (non-hydrogen) atoms. The molecule has 0 aliphatic rings. The molecular formula is C60H117N3O3S3. The second-order valence-electron chi connectivity index (χ2n) is 20.4. The average molecular weight is 1020 g/mol. The summed E-state index contributed by atoms with van der Waals surface area (Å²) in [5.74, 6) is 7.04. The predicted molar refractivity (Wildman–Crippen MR) is 313 cm³/mol. The van der Waals surface area contributed by atoms with Crippen molar-refractivity contribution >= 4 is 35.3 Å². The summed E-state index contributed by atoms with van der Waals surface area (Å²) in [6, 6.07) is 0.976. The molecule has 0 unspecified atom stereocenters. The van der Waals surface area contributed by atoms with Crippen LogP contribution in [0, 0.1) is 0 Å². The Morgan fingerprint density at radius 3 is 0.565 bits per heavy atom. The largest absolute Gasteiger partial charge is 0.463 e. The highest BCUT2D eigenvalue weighted by atomic mass is 32.2. The van der Waals surface area contributed by atoms with Gasteiger partial charge in [0.1, 0.15) is 0 Å². The fraction of sp³-hybridized carbons (Fsp3) is 0.950. The highest BCUT2D eigenvalue weighted by Crippen LogP contribution is 2.20. The standard InChI is InChI=1S/C60H117N3O3S3/c1-4-7-10-13-16-19-22-25-28-31-34-37-40-43-52-67-55-46-49-64-58-61-59(65-50-47-56-68-53-44-41-38-35-32-29-26-23-20-17-14-11-8-5-2)63-60(62-58)66-51-48-57-69-54-45-42-39-36-33-30-27-24-21-18-15-12-9-6-3/h4-57H2,1-3H3. The SMILES string of the molecule is CCCCCCCCCCCCCCCCSCCCOc1nc(OCCCSCCCCCCCCCCCCCCCC)nc(OCCCSCCCCCCCCCCCCCCCC)n1. The van der Waals surface area contributed by atoms with E-state index in [0.717, 1.165) is 36.5 Å². The predicted octanol–water partition coefficient (Wildman–Crippen LogP) is 20.8. The van der Waals surface area contributed by atoms with Crippen LogP contribution < -0.4 is 14.2 Å². The third kappa shape index (κ3) is 52.1. The normalized spacial score (nSPS) is 11.5. The molecule has 0 amide bonds. The number of aromatic nitrogens is 3. The Hall–Kier alpha value is -0.540. The lowest BCUT2D eigenvalue weighted by atomic mass is 10.0. The maximum Gasteiger partial charge on any atom is 0.325 e. The first-order valence-corrected chi connectivity index (χ1v) is 34.1. The van der Waals surface area contributed by atoms with E-state index < -0.39 is 0 Å². The molecule has 1 aromatic rings. The van der Waals surface area contributed by atoms with Gasteiger partial charge in [0.2, 0.25) is 0 Å². The van der Waals surface area contributed by atoms with Gasteiger partial charge in [0, 0.05) is 0 Å². The zero-order chi connectivity index (χ0) is 49.3. The van der Waals surface area contributed by atoms with Crippen molar-refractivity contribution in [3.63, 3.8) is 0 Å². The first kappa shape index (κ1) is 66.5. The molecule has 0 fully saturated rings. The summed E-state index contributed by atoms with van der Waals surface area (Å²) >= 11 is 6.15. The zero-order valence-electron chi connectivity index (χ0n) is 46.5. The molecule has 0 aliphatic carbocycles. The van der Waals surface area contributed by atoms with E-state index in [9.17, 15) is 0 Å². The summed E-state index contributed by atoms with van der Waals surface area (Å²) in [4.78, 5) is 13.6. The van der Waals surface area contributed by atoms with Crippen LogP contribution in [0.2, 0.25) is 0 Å². The molecule has 6 nitrogen and oxygen atoms in total. The Kier molecular flexibility index (Phi) is 56.2. The molecule has 0 N–H and O–H groups in total. The molecule has 0 bridgehead atoms. The third-order valence-corrected chi connectivity index (χ3v) is 17.0. The van der Waals surface area contributed by atoms with Crippen LogP contribution in [0.15, 0.2) is 0 Å². The van der Waals surface area contributed by atoms with Crippen LogP contribution in [0.3, 0.4) is 0 Å². The lowest BCUT2D eigenvalue weighted by molar-refractivity contribution is 0.236. The first-order valence-electron chi connectivity index (χ1n) is 30.7. The van der Waals surface area contributed by atoms with Crippen molar-refractivity contribution in [2.24, 2.45) is 0 Å². The second kappa shape index (κ2) is 58.4.